The molecular formula is C15H20N2O2S. The molecule has 0 aliphatic heterocycles. The van der Waals surface area contributed by atoms with Crippen LogP contribution in [0.5, 0.6) is 11.5 Å². The zero-order valence-electron chi connectivity index (χ0n) is 12.1. The number of hydrogen-bond acceptors (Lipinski definition) is 5. The molecule has 2 N–H and O–H groups in total. The minimum Gasteiger partial charge on any atom is -0.490 e. The lowest BCUT2D eigenvalue weighted by atomic mass is 10.1. The molecule has 2 rings (SSSR count). The van der Waals surface area contributed by atoms with Gasteiger partial charge in [-0.1, -0.05) is 6.07 Å². The van der Waals surface area contributed by atoms with Gasteiger partial charge in [0.05, 0.1) is 24.3 Å². The highest BCUT2D eigenvalue weighted by Gasteiger charge is 2.15. The van der Waals surface area contributed by atoms with Gasteiger partial charge in [0.1, 0.15) is 0 Å². The molecule has 5 heteroatoms. The molecule has 0 bridgehead atoms. The third kappa shape index (κ3) is 3.29. The Labute approximate surface area is 123 Å². The van der Waals surface area contributed by atoms with Crippen molar-refractivity contribution in [2.45, 2.75) is 26.8 Å². The third-order valence-corrected chi connectivity index (χ3v) is 3.87. The van der Waals surface area contributed by atoms with Crippen molar-refractivity contribution in [2.75, 3.05) is 13.2 Å². The van der Waals surface area contributed by atoms with Crippen LogP contribution in [0.25, 0.3) is 0 Å². The van der Waals surface area contributed by atoms with Crippen LogP contribution in [0.3, 0.4) is 0 Å². The summed E-state index contributed by atoms with van der Waals surface area (Å²) in [6.07, 6.45) is 1.83. The highest BCUT2D eigenvalue weighted by molar-refractivity contribution is 7.11. The topological polar surface area (TPSA) is 57.4 Å². The van der Waals surface area contributed by atoms with Crippen LogP contribution in [-0.4, -0.2) is 18.2 Å². The van der Waals surface area contributed by atoms with Crippen molar-refractivity contribution < 1.29 is 9.47 Å². The van der Waals surface area contributed by atoms with Gasteiger partial charge >= 0.3 is 0 Å². The molecule has 0 fully saturated rings. The van der Waals surface area contributed by atoms with E-state index in [1.807, 2.05) is 45.2 Å². The lowest BCUT2D eigenvalue weighted by Gasteiger charge is -2.15. The Balaban J connectivity index is 2.29. The minimum atomic E-state index is -0.184. The fourth-order valence-corrected chi connectivity index (χ4v) is 2.76. The summed E-state index contributed by atoms with van der Waals surface area (Å²) in [4.78, 5) is 5.30. The molecule has 1 atom stereocenters. The molecule has 4 nitrogen and oxygen atoms in total. The van der Waals surface area contributed by atoms with Gasteiger partial charge in [-0.05, 0) is 38.5 Å². The number of nitrogens with two attached hydrogens (primary N) is 1. The van der Waals surface area contributed by atoms with Gasteiger partial charge in [0, 0.05) is 11.1 Å². The van der Waals surface area contributed by atoms with Crippen molar-refractivity contribution in [1.29, 1.82) is 0 Å². The summed E-state index contributed by atoms with van der Waals surface area (Å²) in [5.74, 6) is 1.49. The maximum Gasteiger partial charge on any atom is 0.161 e. The first-order valence-electron chi connectivity index (χ1n) is 6.73. The van der Waals surface area contributed by atoms with Crippen LogP contribution < -0.4 is 15.2 Å². The molecule has 0 saturated carbocycles. The van der Waals surface area contributed by atoms with Crippen LogP contribution in [0.2, 0.25) is 0 Å². The highest BCUT2D eigenvalue weighted by Crippen LogP contribution is 2.33. The maximum absolute atomic E-state index is 6.29. The fourth-order valence-electron chi connectivity index (χ4n) is 1.95. The predicted octanol–water partition coefficient (Wildman–Crippen LogP) is 3.30. The minimum absolute atomic E-state index is 0.184. The smallest absolute Gasteiger partial charge is 0.161 e. The summed E-state index contributed by atoms with van der Waals surface area (Å²) in [5, 5.41) is 1.02. The molecule has 1 aromatic carbocycles. The first-order valence-corrected chi connectivity index (χ1v) is 7.54. The molecule has 108 valence electrons. The van der Waals surface area contributed by atoms with Crippen molar-refractivity contribution in [1.82, 2.24) is 4.98 Å². The largest absolute Gasteiger partial charge is 0.490 e. The fraction of sp³-hybridized carbons (Fsp3) is 0.400. The lowest BCUT2D eigenvalue weighted by molar-refractivity contribution is 0.287. The van der Waals surface area contributed by atoms with Gasteiger partial charge in [-0.25, -0.2) is 4.98 Å². The number of aromatic nitrogens is 1. The lowest BCUT2D eigenvalue weighted by Crippen LogP contribution is -2.11. The van der Waals surface area contributed by atoms with E-state index in [0.717, 1.165) is 26.9 Å². The molecule has 0 aliphatic carbocycles. The van der Waals surface area contributed by atoms with E-state index in [0.29, 0.717) is 13.2 Å². The second kappa shape index (κ2) is 6.72. The molecule has 1 unspecified atom stereocenters. The number of benzene rings is 1. The van der Waals surface area contributed by atoms with E-state index >= 15 is 0 Å². The normalized spacial score (nSPS) is 12.2. The first kappa shape index (κ1) is 14.8. The molecule has 0 saturated heterocycles. The Morgan fingerprint density at radius 2 is 1.90 bits per heavy atom. The molecule has 1 heterocycles. The summed E-state index contributed by atoms with van der Waals surface area (Å²) < 4.78 is 11.2. The Bertz CT molecular complexity index is 569. The summed E-state index contributed by atoms with van der Waals surface area (Å²) in [6, 6.07) is 5.66. The Kier molecular flexibility index (Phi) is 4.98. The van der Waals surface area contributed by atoms with Crippen LogP contribution in [0.1, 0.15) is 35.3 Å². The van der Waals surface area contributed by atoms with E-state index in [2.05, 4.69) is 4.98 Å². The SMILES string of the molecule is CCOc1ccc(C(N)c2cnc(C)s2)cc1OCC. The molecule has 20 heavy (non-hydrogen) atoms. The van der Waals surface area contributed by atoms with Gasteiger partial charge in [-0.3, -0.25) is 0 Å². The zero-order valence-corrected chi connectivity index (χ0v) is 12.9. The van der Waals surface area contributed by atoms with E-state index in [4.69, 9.17) is 15.2 Å². The van der Waals surface area contributed by atoms with Crippen LogP contribution in [0, 0.1) is 6.92 Å². The van der Waals surface area contributed by atoms with Gasteiger partial charge in [0.25, 0.3) is 0 Å². The van der Waals surface area contributed by atoms with E-state index in [-0.39, 0.29) is 6.04 Å². The monoisotopic (exact) mass is 292 g/mol. The number of aryl methyl sites for hydroxylation is 1. The van der Waals surface area contributed by atoms with Gasteiger partial charge < -0.3 is 15.2 Å². The van der Waals surface area contributed by atoms with Crippen LogP contribution in [-0.2, 0) is 0 Å². The average molecular weight is 292 g/mol. The zero-order chi connectivity index (χ0) is 14.5. The van der Waals surface area contributed by atoms with Crippen molar-refractivity contribution in [2.24, 2.45) is 5.73 Å². The van der Waals surface area contributed by atoms with Crippen molar-refractivity contribution in [3.63, 3.8) is 0 Å². The number of hydrogen-bond donors (Lipinski definition) is 1. The van der Waals surface area contributed by atoms with E-state index in [1.165, 1.54) is 0 Å². The van der Waals surface area contributed by atoms with Crippen molar-refractivity contribution in [3.8, 4) is 11.5 Å². The Morgan fingerprint density at radius 1 is 1.20 bits per heavy atom. The molecule has 0 amide bonds. The van der Waals surface area contributed by atoms with Crippen LogP contribution >= 0.6 is 11.3 Å². The number of nitrogens with zero attached hydrogens (tertiary/aromatic N) is 1. The predicted molar refractivity (Wildman–Crippen MR) is 81.7 cm³/mol. The average Bonchev–Trinajstić information content (AvgIpc) is 2.87. The molecular weight excluding hydrogens is 272 g/mol. The number of thiazole rings is 1. The Hall–Kier alpha value is -1.59. The second-order valence-corrected chi connectivity index (χ2v) is 5.60. The quantitative estimate of drug-likeness (QED) is 0.887. The maximum atomic E-state index is 6.29. The molecule has 0 spiro atoms. The molecule has 0 radical (unpaired) electrons. The highest BCUT2D eigenvalue weighted by atomic mass is 32.1. The van der Waals surface area contributed by atoms with E-state index in [9.17, 15) is 0 Å². The molecule has 1 aromatic heterocycles. The van der Waals surface area contributed by atoms with E-state index < -0.39 is 0 Å². The standard InChI is InChI=1S/C15H20N2O2S/c1-4-18-12-7-6-11(8-13(12)19-5-2)15(16)14-9-17-10(3)20-14/h6-9,15H,4-5,16H2,1-3H3. The Morgan fingerprint density at radius 3 is 2.50 bits per heavy atom. The number of rotatable bonds is 6. The number of ether oxygens (including phenoxy) is 2. The molecule has 2 aromatic rings. The summed E-state index contributed by atoms with van der Waals surface area (Å²) >= 11 is 1.62. The first-order chi connectivity index (χ1) is 9.65. The summed E-state index contributed by atoms with van der Waals surface area (Å²) in [5.41, 5.74) is 7.29. The third-order valence-electron chi connectivity index (χ3n) is 2.87. The van der Waals surface area contributed by atoms with Gasteiger partial charge in [-0.2, -0.15) is 0 Å². The summed E-state index contributed by atoms with van der Waals surface area (Å²) in [7, 11) is 0. The van der Waals surface area contributed by atoms with Gasteiger partial charge in [-0.15, -0.1) is 11.3 Å². The molecule has 0 aliphatic rings. The van der Waals surface area contributed by atoms with Gasteiger partial charge in [0.15, 0.2) is 11.5 Å². The van der Waals surface area contributed by atoms with E-state index in [1.54, 1.807) is 11.3 Å². The van der Waals surface area contributed by atoms with Crippen LogP contribution in [0.4, 0.5) is 0 Å². The van der Waals surface area contributed by atoms with Crippen LogP contribution in [0.15, 0.2) is 24.4 Å². The van der Waals surface area contributed by atoms with Crippen molar-refractivity contribution >= 4 is 11.3 Å². The second-order valence-electron chi connectivity index (χ2n) is 4.33. The van der Waals surface area contributed by atoms with Gasteiger partial charge in [0.2, 0.25) is 0 Å². The summed E-state index contributed by atoms with van der Waals surface area (Å²) in [6.45, 7) is 7.09. The van der Waals surface area contributed by atoms with Crippen molar-refractivity contribution in [3.05, 3.63) is 39.8 Å².